The van der Waals surface area contributed by atoms with Crippen LogP contribution in [0, 0.1) is 0 Å². The van der Waals surface area contributed by atoms with E-state index in [1.165, 1.54) is 42.2 Å². The average Bonchev–Trinajstić information content (AvgIpc) is 2.82. The van der Waals surface area contributed by atoms with Crippen LogP contribution in [-0.4, -0.2) is 7.11 Å². The second-order valence-electron chi connectivity index (χ2n) is 4.89. The highest BCUT2D eigenvalue weighted by Crippen LogP contribution is 2.39. The monoisotopic (exact) mass is 246 g/mol. The Kier molecular flexibility index (Phi) is 3.06. The Balaban J connectivity index is 1.95. The lowest BCUT2D eigenvalue weighted by molar-refractivity contribution is 0.415. The summed E-state index contributed by atoms with van der Waals surface area (Å²) in [4.78, 5) is 1.58. The second kappa shape index (κ2) is 4.69. The van der Waals surface area contributed by atoms with Crippen molar-refractivity contribution < 1.29 is 4.74 Å². The van der Waals surface area contributed by atoms with Gasteiger partial charge in [-0.25, -0.2) is 0 Å². The minimum absolute atomic E-state index is 0.812. The molecule has 0 amide bonds. The van der Waals surface area contributed by atoms with E-state index in [-0.39, 0.29) is 0 Å². The van der Waals surface area contributed by atoms with Crippen molar-refractivity contribution in [2.75, 3.05) is 7.11 Å². The minimum Gasteiger partial charge on any atom is -0.497 e. The van der Waals surface area contributed by atoms with Crippen LogP contribution in [0.3, 0.4) is 0 Å². The van der Waals surface area contributed by atoms with Crippen LogP contribution in [-0.2, 0) is 0 Å². The molecule has 3 rings (SSSR count). The summed E-state index contributed by atoms with van der Waals surface area (Å²) in [5.74, 6) is 1.78. The van der Waals surface area contributed by atoms with Gasteiger partial charge in [0.15, 0.2) is 0 Å². The fourth-order valence-electron chi connectivity index (χ4n) is 2.75. The van der Waals surface area contributed by atoms with Gasteiger partial charge < -0.3 is 4.74 Å². The molecular formula is C15H18OS. The maximum absolute atomic E-state index is 5.28. The van der Waals surface area contributed by atoms with Gasteiger partial charge in [-0.15, -0.1) is 11.3 Å². The standard InChI is InChI=1S/C15H18OS/c1-16-13-8-7-12-9-14(17-15(12)10-13)11-5-3-2-4-6-11/h7-11H,2-6H2,1H3. The quantitative estimate of drug-likeness (QED) is 0.728. The molecule has 0 N–H and O–H groups in total. The first-order valence-corrected chi connectivity index (χ1v) is 7.26. The van der Waals surface area contributed by atoms with Gasteiger partial charge in [0.1, 0.15) is 5.75 Å². The number of methoxy groups -OCH3 is 1. The Morgan fingerprint density at radius 1 is 1.12 bits per heavy atom. The van der Waals surface area contributed by atoms with Crippen LogP contribution in [0.1, 0.15) is 42.9 Å². The Bertz CT molecular complexity index is 509. The Morgan fingerprint density at radius 3 is 2.71 bits per heavy atom. The lowest BCUT2D eigenvalue weighted by Crippen LogP contribution is -2.01. The molecule has 17 heavy (non-hydrogen) atoms. The molecular weight excluding hydrogens is 228 g/mol. The fourth-order valence-corrected chi connectivity index (χ4v) is 4.01. The summed E-state index contributed by atoms with van der Waals surface area (Å²) >= 11 is 1.95. The van der Waals surface area contributed by atoms with Gasteiger partial charge in [0.05, 0.1) is 7.11 Å². The van der Waals surface area contributed by atoms with Gasteiger partial charge in [-0.05, 0) is 48.4 Å². The summed E-state index contributed by atoms with van der Waals surface area (Å²) in [6.45, 7) is 0. The molecule has 1 aliphatic rings. The molecule has 0 spiro atoms. The van der Waals surface area contributed by atoms with E-state index in [1.807, 2.05) is 11.3 Å². The van der Waals surface area contributed by atoms with Gasteiger partial charge in [0.2, 0.25) is 0 Å². The molecule has 0 unspecified atom stereocenters. The number of hydrogen-bond acceptors (Lipinski definition) is 2. The van der Waals surface area contributed by atoms with Crippen molar-refractivity contribution in [3.63, 3.8) is 0 Å². The summed E-state index contributed by atoms with van der Waals surface area (Å²) < 4.78 is 6.65. The third-order valence-corrected chi connectivity index (χ3v) is 5.01. The number of thiophene rings is 1. The van der Waals surface area contributed by atoms with Crippen LogP contribution in [0.4, 0.5) is 0 Å². The van der Waals surface area contributed by atoms with Gasteiger partial charge >= 0.3 is 0 Å². The van der Waals surface area contributed by atoms with Crippen LogP contribution in [0.5, 0.6) is 5.75 Å². The van der Waals surface area contributed by atoms with Gasteiger partial charge in [-0.3, -0.25) is 0 Å². The van der Waals surface area contributed by atoms with Crippen molar-refractivity contribution in [3.05, 3.63) is 29.1 Å². The second-order valence-corrected chi connectivity index (χ2v) is 6.00. The molecule has 0 saturated heterocycles. The number of rotatable bonds is 2. The first-order valence-electron chi connectivity index (χ1n) is 6.44. The first-order chi connectivity index (χ1) is 8.36. The predicted octanol–water partition coefficient (Wildman–Crippen LogP) is 4.96. The van der Waals surface area contributed by atoms with E-state index in [2.05, 4.69) is 24.3 Å². The molecule has 1 nitrogen and oxygen atoms in total. The summed E-state index contributed by atoms with van der Waals surface area (Å²) in [7, 11) is 1.73. The molecule has 2 aromatic rings. The summed E-state index contributed by atoms with van der Waals surface area (Å²) in [5, 5.41) is 1.37. The SMILES string of the molecule is COc1ccc2cc(C3CCCCC3)sc2c1. The third-order valence-electron chi connectivity index (χ3n) is 3.75. The molecule has 0 aliphatic heterocycles. The van der Waals surface area contributed by atoms with E-state index >= 15 is 0 Å². The number of hydrogen-bond donors (Lipinski definition) is 0. The van der Waals surface area contributed by atoms with E-state index < -0.39 is 0 Å². The number of benzene rings is 1. The molecule has 90 valence electrons. The van der Waals surface area contributed by atoms with Crippen LogP contribution < -0.4 is 4.74 Å². The first kappa shape index (κ1) is 11.1. The Morgan fingerprint density at radius 2 is 1.94 bits per heavy atom. The minimum atomic E-state index is 0.812. The fraction of sp³-hybridized carbons (Fsp3) is 0.467. The van der Waals surface area contributed by atoms with Crippen LogP contribution in [0.25, 0.3) is 10.1 Å². The molecule has 1 aromatic carbocycles. The summed E-state index contributed by atoms with van der Waals surface area (Å²) in [6, 6.07) is 8.78. The maximum atomic E-state index is 5.28. The lowest BCUT2D eigenvalue weighted by Gasteiger charge is -2.19. The van der Waals surface area contributed by atoms with E-state index in [4.69, 9.17) is 4.74 Å². The Hall–Kier alpha value is -1.02. The summed E-state index contributed by atoms with van der Waals surface area (Å²) in [6.07, 6.45) is 6.99. The molecule has 1 fully saturated rings. The predicted molar refractivity (Wildman–Crippen MR) is 74.2 cm³/mol. The molecule has 0 bridgehead atoms. The molecule has 0 atom stereocenters. The van der Waals surface area contributed by atoms with Crippen LogP contribution >= 0.6 is 11.3 Å². The molecule has 0 radical (unpaired) electrons. The van der Waals surface area contributed by atoms with Crippen molar-refractivity contribution in [1.29, 1.82) is 0 Å². The zero-order valence-corrected chi connectivity index (χ0v) is 11.1. The van der Waals surface area contributed by atoms with Gasteiger partial charge in [-0.2, -0.15) is 0 Å². The molecule has 1 saturated carbocycles. The van der Waals surface area contributed by atoms with Crippen molar-refractivity contribution in [2.24, 2.45) is 0 Å². The van der Waals surface area contributed by atoms with Crippen molar-refractivity contribution >= 4 is 21.4 Å². The largest absolute Gasteiger partial charge is 0.497 e. The lowest BCUT2D eigenvalue weighted by atomic mass is 9.88. The molecule has 1 aromatic heterocycles. The highest BCUT2D eigenvalue weighted by atomic mass is 32.1. The van der Waals surface area contributed by atoms with E-state index in [9.17, 15) is 0 Å². The van der Waals surface area contributed by atoms with E-state index in [1.54, 1.807) is 12.0 Å². The van der Waals surface area contributed by atoms with E-state index in [0.717, 1.165) is 11.7 Å². The number of ether oxygens (including phenoxy) is 1. The van der Waals surface area contributed by atoms with Crippen LogP contribution in [0.2, 0.25) is 0 Å². The van der Waals surface area contributed by atoms with Crippen LogP contribution in [0.15, 0.2) is 24.3 Å². The topological polar surface area (TPSA) is 9.23 Å². The van der Waals surface area contributed by atoms with Crippen molar-refractivity contribution in [3.8, 4) is 5.75 Å². The molecule has 1 heterocycles. The maximum Gasteiger partial charge on any atom is 0.120 e. The zero-order valence-electron chi connectivity index (χ0n) is 10.2. The highest BCUT2D eigenvalue weighted by molar-refractivity contribution is 7.19. The van der Waals surface area contributed by atoms with E-state index in [0.29, 0.717) is 0 Å². The van der Waals surface area contributed by atoms with Gasteiger partial charge in [-0.1, -0.05) is 19.3 Å². The third kappa shape index (κ3) is 2.19. The van der Waals surface area contributed by atoms with Crippen molar-refractivity contribution in [2.45, 2.75) is 38.0 Å². The smallest absolute Gasteiger partial charge is 0.120 e. The Labute approximate surface area is 106 Å². The number of fused-ring (bicyclic) bond motifs is 1. The molecule has 1 aliphatic carbocycles. The molecule has 2 heteroatoms. The highest BCUT2D eigenvalue weighted by Gasteiger charge is 2.17. The van der Waals surface area contributed by atoms with Gasteiger partial charge in [0, 0.05) is 9.58 Å². The average molecular weight is 246 g/mol. The van der Waals surface area contributed by atoms with Gasteiger partial charge in [0.25, 0.3) is 0 Å². The normalized spacial score (nSPS) is 17.5. The summed E-state index contributed by atoms with van der Waals surface area (Å²) in [5.41, 5.74) is 0. The zero-order chi connectivity index (χ0) is 11.7. The van der Waals surface area contributed by atoms with Crippen molar-refractivity contribution in [1.82, 2.24) is 0 Å².